The van der Waals surface area contributed by atoms with Gasteiger partial charge in [0.1, 0.15) is 5.75 Å². The molecular formula is C18H18N2O2. The minimum absolute atomic E-state index is 0.0667. The van der Waals surface area contributed by atoms with Gasteiger partial charge in [-0.3, -0.25) is 4.79 Å². The van der Waals surface area contributed by atoms with Crippen molar-refractivity contribution in [3.8, 4) is 5.75 Å². The smallest absolute Gasteiger partial charge is 0.277 e. The van der Waals surface area contributed by atoms with Gasteiger partial charge in [-0.05, 0) is 30.2 Å². The molecule has 0 bridgehead atoms. The average molecular weight is 294 g/mol. The number of amides is 1. The molecule has 1 N–H and O–H groups in total. The van der Waals surface area contributed by atoms with Gasteiger partial charge in [-0.1, -0.05) is 54.6 Å². The standard InChI is InChI=1S/C18H18N2O2/c1-15(12-16-8-4-2-5-9-16)13-19-20-18(21)14-22-17-10-6-3-7-11-17/h2-13H,14H2,1H3,(H,20,21)/b15-12+,19-13?. The second-order valence-electron chi connectivity index (χ2n) is 4.69. The lowest BCUT2D eigenvalue weighted by Crippen LogP contribution is -2.24. The maximum Gasteiger partial charge on any atom is 0.277 e. The van der Waals surface area contributed by atoms with E-state index in [1.165, 1.54) is 0 Å². The Balaban J connectivity index is 1.77. The Kier molecular flexibility index (Phi) is 5.93. The van der Waals surface area contributed by atoms with Crippen molar-refractivity contribution < 1.29 is 9.53 Å². The highest BCUT2D eigenvalue weighted by atomic mass is 16.5. The number of rotatable bonds is 6. The van der Waals surface area contributed by atoms with Crippen LogP contribution in [0.5, 0.6) is 5.75 Å². The van der Waals surface area contributed by atoms with Crippen molar-refractivity contribution >= 4 is 18.2 Å². The van der Waals surface area contributed by atoms with Crippen LogP contribution in [0.15, 0.2) is 71.3 Å². The Hall–Kier alpha value is -2.88. The van der Waals surface area contributed by atoms with Crippen molar-refractivity contribution in [3.63, 3.8) is 0 Å². The Morgan fingerprint density at radius 3 is 2.41 bits per heavy atom. The van der Waals surface area contributed by atoms with E-state index in [0.29, 0.717) is 5.75 Å². The van der Waals surface area contributed by atoms with Crippen molar-refractivity contribution in [2.75, 3.05) is 6.61 Å². The molecule has 22 heavy (non-hydrogen) atoms. The first-order chi connectivity index (χ1) is 10.7. The van der Waals surface area contributed by atoms with E-state index in [1.807, 2.05) is 61.5 Å². The second kappa shape index (κ2) is 8.42. The van der Waals surface area contributed by atoms with Crippen molar-refractivity contribution in [2.45, 2.75) is 6.92 Å². The summed E-state index contributed by atoms with van der Waals surface area (Å²) in [5.74, 6) is 0.356. The van der Waals surface area contributed by atoms with Crippen LogP contribution >= 0.6 is 0 Å². The molecule has 0 aliphatic heterocycles. The monoisotopic (exact) mass is 294 g/mol. The molecule has 0 saturated carbocycles. The van der Waals surface area contributed by atoms with Gasteiger partial charge in [-0.15, -0.1) is 0 Å². The molecule has 0 spiro atoms. The number of nitrogens with zero attached hydrogens (tertiary/aromatic N) is 1. The zero-order valence-electron chi connectivity index (χ0n) is 12.4. The highest BCUT2D eigenvalue weighted by molar-refractivity contribution is 5.86. The van der Waals surface area contributed by atoms with Crippen LogP contribution in [0.1, 0.15) is 12.5 Å². The molecule has 0 atom stereocenters. The number of hydrogen-bond acceptors (Lipinski definition) is 3. The Labute approximate surface area is 130 Å². The van der Waals surface area contributed by atoms with Gasteiger partial charge in [0, 0.05) is 0 Å². The van der Waals surface area contributed by atoms with Crippen LogP contribution in [0, 0.1) is 0 Å². The third kappa shape index (κ3) is 5.63. The van der Waals surface area contributed by atoms with E-state index in [9.17, 15) is 4.79 Å². The molecular weight excluding hydrogens is 276 g/mol. The van der Waals surface area contributed by atoms with Crippen molar-refractivity contribution in [1.82, 2.24) is 5.43 Å². The molecule has 0 aliphatic carbocycles. The van der Waals surface area contributed by atoms with Crippen LogP contribution in [0.25, 0.3) is 6.08 Å². The molecule has 0 heterocycles. The fraction of sp³-hybridized carbons (Fsp3) is 0.111. The van der Waals surface area contributed by atoms with Crippen LogP contribution in [0.4, 0.5) is 0 Å². The predicted molar refractivity (Wildman–Crippen MR) is 88.7 cm³/mol. The summed E-state index contributed by atoms with van der Waals surface area (Å²) in [7, 11) is 0. The molecule has 112 valence electrons. The molecule has 0 fully saturated rings. The molecule has 4 heteroatoms. The number of carbonyl (C=O) groups is 1. The number of allylic oxidation sites excluding steroid dienone is 1. The van der Waals surface area contributed by atoms with Crippen LogP contribution < -0.4 is 10.2 Å². The number of benzene rings is 2. The average Bonchev–Trinajstić information content (AvgIpc) is 2.55. The SMILES string of the molecule is C/C(C=NNC(=O)COc1ccccc1)=C\c1ccccc1. The highest BCUT2D eigenvalue weighted by Crippen LogP contribution is 2.07. The highest BCUT2D eigenvalue weighted by Gasteiger charge is 2.00. The lowest BCUT2D eigenvalue weighted by atomic mass is 10.1. The fourth-order valence-corrected chi connectivity index (χ4v) is 1.75. The van der Waals surface area contributed by atoms with Gasteiger partial charge < -0.3 is 4.74 Å². The molecule has 4 nitrogen and oxygen atoms in total. The number of hydrazone groups is 1. The lowest BCUT2D eigenvalue weighted by molar-refractivity contribution is -0.123. The van der Waals surface area contributed by atoms with E-state index in [2.05, 4.69) is 10.5 Å². The van der Waals surface area contributed by atoms with Gasteiger partial charge in [-0.2, -0.15) is 5.10 Å². The minimum atomic E-state index is -0.299. The first-order valence-corrected chi connectivity index (χ1v) is 6.97. The molecule has 0 aliphatic rings. The van der Waals surface area contributed by atoms with Crippen molar-refractivity contribution in [3.05, 3.63) is 71.8 Å². The normalized spacial score (nSPS) is 11.4. The summed E-state index contributed by atoms with van der Waals surface area (Å²) in [6.07, 6.45) is 3.59. The third-order valence-corrected chi connectivity index (χ3v) is 2.76. The first kappa shape index (κ1) is 15.5. The Morgan fingerprint density at radius 1 is 1.09 bits per heavy atom. The maximum absolute atomic E-state index is 11.6. The Bertz CT molecular complexity index is 649. The fourth-order valence-electron chi connectivity index (χ4n) is 1.75. The summed E-state index contributed by atoms with van der Waals surface area (Å²) in [6, 6.07) is 19.1. The summed E-state index contributed by atoms with van der Waals surface area (Å²) in [5, 5.41) is 3.91. The summed E-state index contributed by atoms with van der Waals surface area (Å²) in [4.78, 5) is 11.6. The van der Waals surface area contributed by atoms with E-state index >= 15 is 0 Å². The largest absolute Gasteiger partial charge is 0.484 e. The number of carbonyl (C=O) groups excluding carboxylic acids is 1. The van der Waals surface area contributed by atoms with Crippen molar-refractivity contribution in [2.24, 2.45) is 5.10 Å². The molecule has 2 aromatic carbocycles. The van der Waals surface area contributed by atoms with Gasteiger partial charge in [0.2, 0.25) is 0 Å². The predicted octanol–water partition coefficient (Wildman–Crippen LogP) is 3.27. The molecule has 0 radical (unpaired) electrons. The van der Waals surface area contributed by atoms with Gasteiger partial charge in [0.25, 0.3) is 5.91 Å². The quantitative estimate of drug-likeness (QED) is 0.656. The molecule has 0 aromatic heterocycles. The Morgan fingerprint density at radius 2 is 1.73 bits per heavy atom. The van der Waals surface area contributed by atoms with E-state index in [-0.39, 0.29) is 12.5 Å². The van der Waals surface area contributed by atoms with Crippen molar-refractivity contribution in [1.29, 1.82) is 0 Å². The summed E-state index contributed by atoms with van der Waals surface area (Å²) < 4.78 is 5.32. The second-order valence-corrected chi connectivity index (χ2v) is 4.69. The lowest BCUT2D eigenvalue weighted by Gasteiger charge is -2.04. The molecule has 2 rings (SSSR count). The van der Waals surface area contributed by atoms with Crippen LogP contribution in [-0.4, -0.2) is 18.7 Å². The zero-order chi connectivity index (χ0) is 15.6. The molecule has 0 saturated heterocycles. The van der Waals surface area contributed by atoms with Crippen LogP contribution in [-0.2, 0) is 4.79 Å². The zero-order valence-corrected chi connectivity index (χ0v) is 12.4. The number of hydrogen-bond donors (Lipinski definition) is 1. The van der Waals surface area contributed by atoms with Crippen LogP contribution in [0.3, 0.4) is 0 Å². The maximum atomic E-state index is 11.6. The van der Waals surface area contributed by atoms with E-state index in [0.717, 1.165) is 11.1 Å². The summed E-state index contributed by atoms with van der Waals surface area (Å²) in [5.41, 5.74) is 4.46. The van der Waals surface area contributed by atoms with E-state index in [4.69, 9.17) is 4.74 Å². The molecule has 2 aromatic rings. The summed E-state index contributed by atoms with van der Waals surface area (Å²) in [6.45, 7) is 1.85. The summed E-state index contributed by atoms with van der Waals surface area (Å²) >= 11 is 0. The van der Waals surface area contributed by atoms with Gasteiger partial charge >= 0.3 is 0 Å². The first-order valence-electron chi connectivity index (χ1n) is 6.97. The minimum Gasteiger partial charge on any atom is -0.484 e. The van der Waals surface area contributed by atoms with Crippen LogP contribution in [0.2, 0.25) is 0 Å². The van der Waals surface area contributed by atoms with E-state index in [1.54, 1.807) is 18.3 Å². The number of ether oxygens (including phenoxy) is 1. The number of nitrogens with one attached hydrogen (secondary N) is 1. The topological polar surface area (TPSA) is 50.7 Å². The van der Waals surface area contributed by atoms with Gasteiger partial charge in [-0.25, -0.2) is 5.43 Å². The molecule has 1 amide bonds. The number of para-hydroxylation sites is 1. The van der Waals surface area contributed by atoms with Gasteiger partial charge in [0.15, 0.2) is 6.61 Å². The van der Waals surface area contributed by atoms with E-state index < -0.39 is 0 Å². The molecule has 0 unspecified atom stereocenters. The van der Waals surface area contributed by atoms with Gasteiger partial charge in [0.05, 0.1) is 6.21 Å². The third-order valence-electron chi connectivity index (χ3n) is 2.76.